The van der Waals surface area contributed by atoms with Crippen LogP contribution in [0.5, 0.6) is 0 Å². The van der Waals surface area contributed by atoms with Crippen LogP contribution in [0.2, 0.25) is 0 Å². The van der Waals surface area contributed by atoms with Crippen molar-refractivity contribution in [2.75, 3.05) is 20.1 Å². The Hall–Kier alpha value is -2.67. The minimum Gasteiger partial charge on any atom is -0.478 e. The summed E-state index contributed by atoms with van der Waals surface area (Å²) in [5, 5.41) is 12.0. The van der Waals surface area contributed by atoms with Gasteiger partial charge in [-0.25, -0.2) is 9.78 Å². The molecule has 1 aliphatic rings. The average molecular weight is 328 g/mol. The van der Waals surface area contributed by atoms with Crippen LogP contribution in [-0.2, 0) is 11.3 Å². The summed E-state index contributed by atoms with van der Waals surface area (Å²) in [6.07, 6.45) is 4.32. The van der Waals surface area contributed by atoms with Crippen LogP contribution in [0.4, 0.5) is 0 Å². The fourth-order valence-electron chi connectivity index (χ4n) is 3.08. The number of para-hydroxylation sites is 1. The number of nitrogens with one attached hydrogen (secondary N) is 1. The number of carboxylic acid groups (broad SMARTS) is 1. The Labute approximate surface area is 139 Å². The lowest BCUT2D eigenvalue weighted by molar-refractivity contribution is -0.124. The number of nitrogens with zero attached hydrogens (tertiary/aromatic N) is 3. The number of benzene rings is 1. The Balaban J connectivity index is 1.71. The maximum absolute atomic E-state index is 11.7. The van der Waals surface area contributed by atoms with Gasteiger partial charge in [0.1, 0.15) is 0 Å². The SMILES string of the molecule is CNC(=O)[C@@H]1CCN(Cc2cn(-c3ccccc3C(=O)O)cn2)C1. The predicted octanol–water partition coefficient (Wildman–Crippen LogP) is 1.14. The summed E-state index contributed by atoms with van der Waals surface area (Å²) < 4.78 is 1.73. The second-order valence-corrected chi connectivity index (χ2v) is 5.93. The molecule has 3 rings (SSSR count). The number of carbonyl (C=O) groups excluding carboxylic acids is 1. The third kappa shape index (κ3) is 3.30. The van der Waals surface area contributed by atoms with Crippen molar-refractivity contribution in [3.8, 4) is 5.69 Å². The van der Waals surface area contributed by atoms with Gasteiger partial charge in [0, 0.05) is 26.3 Å². The van der Waals surface area contributed by atoms with E-state index in [1.807, 2.05) is 6.20 Å². The van der Waals surface area contributed by atoms with Crippen molar-refractivity contribution in [1.29, 1.82) is 0 Å². The van der Waals surface area contributed by atoms with Gasteiger partial charge in [-0.05, 0) is 25.1 Å². The molecule has 2 heterocycles. The number of carboxylic acids is 1. The first-order valence-electron chi connectivity index (χ1n) is 7.88. The number of carbonyl (C=O) groups is 2. The highest BCUT2D eigenvalue weighted by atomic mass is 16.4. The molecule has 1 atom stereocenters. The van der Waals surface area contributed by atoms with Gasteiger partial charge in [-0.3, -0.25) is 9.69 Å². The van der Waals surface area contributed by atoms with E-state index in [0.717, 1.165) is 25.2 Å². The van der Waals surface area contributed by atoms with E-state index in [9.17, 15) is 14.7 Å². The molecular weight excluding hydrogens is 308 g/mol. The second-order valence-electron chi connectivity index (χ2n) is 5.93. The number of aromatic nitrogens is 2. The second kappa shape index (κ2) is 6.84. The quantitative estimate of drug-likeness (QED) is 0.859. The van der Waals surface area contributed by atoms with E-state index in [-0.39, 0.29) is 17.4 Å². The summed E-state index contributed by atoms with van der Waals surface area (Å²) in [5.74, 6) is -0.850. The van der Waals surface area contributed by atoms with E-state index in [1.165, 1.54) is 0 Å². The molecule has 2 N–H and O–H groups in total. The molecule has 0 spiro atoms. The monoisotopic (exact) mass is 328 g/mol. The first kappa shape index (κ1) is 16.2. The third-order valence-electron chi connectivity index (χ3n) is 4.32. The van der Waals surface area contributed by atoms with Crippen LogP contribution in [0.3, 0.4) is 0 Å². The lowest BCUT2D eigenvalue weighted by atomic mass is 10.1. The topological polar surface area (TPSA) is 87.5 Å². The van der Waals surface area contributed by atoms with Gasteiger partial charge < -0.3 is 15.0 Å². The fraction of sp³-hybridized carbons (Fsp3) is 0.353. The van der Waals surface area contributed by atoms with Crippen LogP contribution in [0.15, 0.2) is 36.8 Å². The van der Waals surface area contributed by atoms with E-state index in [4.69, 9.17) is 0 Å². The molecule has 1 amide bonds. The summed E-state index contributed by atoms with van der Waals surface area (Å²) in [5.41, 5.74) is 1.68. The normalized spacial score (nSPS) is 17.8. The number of amides is 1. The zero-order chi connectivity index (χ0) is 17.1. The van der Waals surface area contributed by atoms with E-state index in [0.29, 0.717) is 12.2 Å². The Kier molecular flexibility index (Phi) is 4.61. The van der Waals surface area contributed by atoms with Gasteiger partial charge in [0.15, 0.2) is 0 Å². The minimum atomic E-state index is -0.964. The van der Waals surface area contributed by atoms with Crippen molar-refractivity contribution in [1.82, 2.24) is 19.8 Å². The van der Waals surface area contributed by atoms with Crippen LogP contribution in [0, 0.1) is 5.92 Å². The zero-order valence-electron chi connectivity index (χ0n) is 13.5. The van der Waals surface area contributed by atoms with Crippen molar-refractivity contribution in [2.24, 2.45) is 5.92 Å². The van der Waals surface area contributed by atoms with Crippen LogP contribution in [0.1, 0.15) is 22.5 Å². The third-order valence-corrected chi connectivity index (χ3v) is 4.32. The van der Waals surface area contributed by atoms with Crippen LogP contribution >= 0.6 is 0 Å². The van der Waals surface area contributed by atoms with E-state index >= 15 is 0 Å². The van der Waals surface area contributed by atoms with Gasteiger partial charge in [-0.1, -0.05) is 12.1 Å². The maximum Gasteiger partial charge on any atom is 0.337 e. The molecule has 7 nitrogen and oxygen atoms in total. The van der Waals surface area contributed by atoms with Gasteiger partial charge in [-0.15, -0.1) is 0 Å². The maximum atomic E-state index is 11.7. The number of rotatable bonds is 5. The number of imidazole rings is 1. The molecule has 1 aromatic carbocycles. The van der Waals surface area contributed by atoms with E-state index in [1.54, 1.807) is 42.2 Å². The van der Waals surface area contributed by atoms with Gasteiger partial charge >= 0.3 is 5.97 Å². The van der Waals surface area contributed by atoms with Crippen molar-refractivity contribution >= 4 is 11.9 Å². The molecule has 0 bridgehead atoms. The molecule has 1 aliphatic heterocycles. The van der Waals surface area contributed by atoms with Gasteiger partial charge in [-0.2, -0.15) is 0 Å². The first-order valence-corrected chi connectivity index (χ1v) is 7.88. The predicted molar refractivity (Wildman–Crippen MR) is 88.0 cm³/mol. The summed E-state index contributed by atoms with van der Waals surface area (Å²) in [4.78, 5) is 29.6. The van der Waals surface area contributed by atoms with Gasteiger partial charge in [0.2, 0.25) is 5.91 Å². The van der Waals surface area contributed by atoms with Crippen LogP contribution < -0.4 is 5.32 Å². The molecule has 7 heteroatoms. The largest absolute Gasteiger partial charge is 0.478 e. The Bertz CT molecular complexity index is 756. The summed E-state index contributed by atoms with van der Waals surface area (Å²) in [7, 11) is 1.66. The van der Waals surface area contributed by atoms with Gasteiger partial charge in [0.05, 0.1) is 29.2 Å². The molecule has 1 fully saturated rings. The Morgan fingerprint density at radius 3 is 2.92 bits per heavy atom. The number of likely N-dealkylation sites (tertiary alicyclic amines) is 1. The van der Waals surface area contributed by atoms with E-state index in [2.05, 4.69) is 15.2 Å². The van der Waals surface area contributed by atoms with E-state index < -0.39 is 5.97 Å². The first-order chi connectivity index (χ1) is 11.6. The molecule has 0 radical (unpaired) electrons. The number of hydrogen-bond acceptors (Lipinski definition) is 4. The van der Waals surface area contributed by atoms with Crippen molar-refractivity contribution in [3.05, 3.63) is 48.0 Å². The minimum absolute atomic E-state index is 0.0322. The standard InChI is InChI=1S/C17H20N4O3/c1-18-16(22)12-6-7-20(8-12)9-13-10-21(11-19-13)15-5-3-2-4-14(15)17(23)24/h2-5,10-12H,6-9H2,1H3,(H,18,22)(H,23,24)/t12-/m1/s1. The van der Waals surface area contributed by atoms with Crippen molar-refractivity contribution in [2.45, 2.75) is 13.0 Å². The van der Waals surface area contributed by atoms with Crippen LogP contribution in [-0.4, -0.2) is 51.6 Å². The molecule has 1 aromatic heterocycles. The fourth-order valence-corrected chi connectivity index (χ4v) is 3.08. The molecule has 0 saturated carbocycles. The smallest absolute Gasteiger partial charge is 0.337 e. The molecule has 0 unspecified atom stereocenters. The zero-order valence-corrected chi connectivity index (χ0v) is 13.5. The Morgan fingerprint density at radius 1 is 1.38 bits per heavy atom. The molecule has 0 aliphatic carbocycles. The number of aromatic carboxylic acids is 1. The molecular formula is C17H20N4O3. The summed E-state index contributed by atoms with van der Waals surface area (Å²) >= 11 is 0. The molecule has 1 saturated heterocycles. The summed E-state index contributed by atoms with van der Waals surface area (Å²) in [6.45, 7) is 2.23. The summed E-state index contributed by atoms with van der Waals surface area (Å²) in [6, 6.07) is 6.84. The van der Waals surface area contributed by atoms with Crippen LogP contribution in [0.25, 0.3) is 5.69 Å². The molecule has 126 valence electrons. The highest BCUT2D eigenvalue weighted by molar-refractivity contribution is 5.91. The number of hydrogen-bond donors (Lipinski definition) is 2. The lowest BCUT2D eigenvalue weighted by Gasteiger charge is -2.13. The highest BCUT2D eigenvalue weighted by Gasteiger charge is 2.27. The highest BCUT2D eigenvalue weighted by Crippen LogP contribution is 2.20. The molecule has 2 aromatic rings. The van der Waals surface area contributed by atoms with Crippen molar-refractivity contribution < 1.29 is 14.7 Å². The van der Waals surface area contributed by atoms with Gasteiger partial charge in [0.25, 0.3) is 0 Å². The molecule has 24 heavy (non-hydrogen) atoms. The van der Waals surface area contributed by atoms with Crippen molar-refractivity contribution in [3.63, 3.8) is 0 Å². The lowest BCUT2D eigenvalue weighted by Crippen LogP contribution is -2.30. The Morgan fingerprint density at radius 2 is 2.17 bits per heavy atom. The average Bonchev–Trinajstić information content (AvgIpc) is 3.24.